The average Bonchev–Trinajstić information content (AvgIpc) is 3.20. The van der Waals surface area contributed by atoms with Crippen molar-refractivity contribution in [3.05, 3.63) is 42.3 Å². The third-order valence-electron chi connectivity index (χ3n) is 8.96. The summed E-state index contributed by atoms with van der Waals surface area (Å²) in [6.07, 6.45) is -13.3. The third-order valence-corrected chi connectivity index (χ3v) is 8.96. The van der Waals surface area contributed by atoms with Gasteiger partial charge in [0.25, 0.3) is 0 Å². The molecule has 0 N–H and O–H groups in total. The third kappa shape index (κ3) is 7.28. The molecule has 0 saturated heterocycles. The van der Waals surface area contributed by atoms with E-state index in [2.05, 4.69) is 37.6 Å². The Bertz CT molecular complexity index is 925. The van der Waals surface area contributed by atoms with Crippen LogP contribution in [0.2, 0.25) is 0 Å². The topological polar surface area (TPSA) is 18.5 Å². The molecule has 2 fully saturated rings. The molecule has 3 aliphatic carbocycles. The van der Waals surface area contributed by atoms with Crippen molar-refractivity contribution in [2.75, 3.05) is 13.2 Å². The molecule has 232 valence electrons. The molecule has 2 saturated carbocycles. The van der Waals surface area contributed by atoms with Gasteiger partial charge in [-0.1, -0.05) is 33.1 Å². The number of unbranched alkanes of at least 4 members (excludes halogenated alkanes) is 1. The summed E-state index contributed by atoms with van der Waals surface area (Å²) in [6, 6.07) is 9.21. The quantitative estimate of drug-likeness (QED) is 0.155. The Morgan fingerprint density at radius 3 is 2.12 bits per heavy atom. The summed E-state index contributed by atoms with van der Waals surface area (Å²) in [4.78, 5) is 0. The first kappa shape index (κ1) is 36.8. The van der Waals surface area contributed by atoms with Crippen molar-refractivity contribution in [1.29, 1.82) is 0 Å². The Morgan fingerprint density at radius 2 is 1.56 bits per heavy atom. The van der Waals surface area contributed by atoms with Crippen LogP contribution < -0.4 is 0 Å². The summed E-state index contributed by atoms with van der Waals surface area (Å²) in [7, 11) is 0. The van der Waals surface area contributed by atoms with Crippen molar-refractivity contribution in [3.8, 4) is 0 Å². The van der Waals surface area contributed by atoms with Crippen molar-refractivity contribution >= 4 is 0 Å². The zero-order chi connectivity index (χ0) is 30.0. The second-order valence-electron chi connectivity index (χ2n) is 11.3. The van der Waals surface area contributed by atoms with E-state index in [1.807, 2.05) is 12.1 Å². The molecule has 0 spiro atoms. The van der Waals surface area contributed by atoms with E-state index >= 15 is 0 Å². The second kappa shape index (κ2) is 14.1. The van der Waals surface area contributed by atoms with E-state index in [4.69, 9.17) is 4.74 Å². The number of halogens is 9. The van der Waals surface area contributed by atoms with Crippen LogP contribution in [0.15, 0.2) is 18.2 Å². The van der Waals surface area contributed by atoms with Gasteiger partial charge in [-0.05, 0) is 55.3 Å². The predicted molar refractivity (Wildman–Crippen MR) is 131 cm³/mol. The Morgan fingerprint density at radius 1 is 0.951 bits per heavy atom. The molecule has 5 atom stereocenters. The van der Waals surface area contributed by atoms with E-state index in [1.165, 1.54) is 17.5 Å². The standard InChI is InChI=1S/C25H28F9O2.C4H9.U/c1-21-12-11-17-16-6-3-2-5-15(16)7-8-18(17)19(21)9-10-20(21)35-13-4-14-36-22(23(26,27)28,24(29,30)31)25(32,33)34;1-3-4-2;/h3,5-6,17-20H,4,7-14H2,1H3;1,3-4H2,2H3;/q2*-1;+2. The number of hydrogen-bond donors (Lipinski definition) is 0. The number of hydrogen-bond acceptors (Lipinski definition) is 2. The molecule has 0 radical (unpaired) electrons. The van der Waals surface area contributed by atoms with Crippen molar-refractivity contribution in [2.24, 2.45) is 17.3 Å². The van der Waals surface area contributed by atoms with Crippen LogP contribution in [0.5, 0.6) is 0 Å². The van der Waals surface area contributed by atoms with Crippen LogP contribution in [0, 0.1) is 61.4 Å². The monoisotopic (exact) mass is 826 g/mol. The zero-order valence-electron chi connectivity index (χ0n) is 23.2. The summed E-state index contributed by atoms with van der Waals surface area (Å²) in [5.41, 5.74) is -3.75. The molecular formula is C29H37F9O2U. The van der Waals surface area contributed by atoms with Gasteiger partial charge in [-0.3, -0.25) is 0 Å². The minimum absolute atomic E-state index is 0. The number of alkyl halides is 9. The molecule has 5 unspecified atom stereocenters. The molecular weight excluding hydrogens is 789 g/mol. The summed E-state index contributed by atoms with van der Waals surface area (Å²) < 4.78 is 126. The number of benzene rings is 1. The summed E-state index contributed by atoms with van der Waals surface area (Å²) in [5, 5.41) is 0. The van der Waals surface area contributed by atoms with Gasteiger partial charge >= 0.3 is 55.2 Å². The van der Waals surface area contributed by atoms with Crippen LogP contribution in [0.4, 0.5) is 39.5 Å². The molecule has 41 heavy (non-hydrogen) atoms. The Balaban J connectivity index is 0.00000110. The fraction of sp³-hybridized carbons (Fsp3) is 0.759. The van der Waals surface area contributed by atoms with Crippen LogP contribution in [0.1, 0.15) is 82.3 Å². The number of rotatable bonds is 7. The first-order valence-electron chi connectivity index (χ1n) is 13.8. The van der Waals surface area contributed by atoms with Gasteiger partial charge in [-0.15, -0.1) is 0 Å². The first-order valence-corrected chi connectivity index (χ1v) is 13.8. The fourth-order valence-corrected chi connectivity index (χ4v) is 6.92. The molecule has 4 rings (SSSR count). The molecule has 0 bridgehead atoms. The minimum atomic E-state index is -6.72. The van der Waals surface area contributed by atoms with E-state index < -0.39 is 37.2 Å². The SMILES string of the molecule is CC12CCC3c4cc[c-]cc4CCC3C1CCC2OCCCOC(C(F)(F)F)(C(F)(F)F)C(F)(F)F.[CH2-]CCC.[U+2]. The van der Waals surface area contributed by atoms with Gasteiger partial charge in [0.15, 0.2) is 0 Å². The zero-order valence-corrected chi connectivity index (χ0v) is 27.4. The maximum atomic E-state index is 13.0. The number of fused-ring (bicyclic) bond motifs is 5. The van der Waals surface area contributed by atoms with Crippen LogP contribution >= 0.6 is 0 Å². The van der Waals surface area contributed by atoms with Gasteiger partial charge in [0, 0.05) is 6.61 Å². The van der Waals surface area contributed by atoms with E-state index in [0.717, 1.165) is 38.5 Å². The van der Waals surface area contributed by atoms with Crippen LogP contribution in [-0.2, 0) is 15.9 Å². The Hall–Kier alpha value is -0.438. The van der Waals surface area contributed by atoms with E-state index in [1.54, 1.807) is 0 Å². The molecule has 0 amide bonds. The van der Waals surface area contributed by atoms with Crippen LogP contribution in [0.25, 0.3) is 0 Å². The van der Waals surface area contributed by atoms with E-state index in [9.17, 15) is 39.5 Å². The fourth-order valence-electron chi connectivity index (χ4n) is 6.92. The summed E-state index contributed by atoms with van der Waals surface area (Å²) >= 11 is 0. The summed E-state index contributed by atoms with van der Waals surface area (Å²) in [5.74, 6) is 1.26. The van der Waals surface area contributed by atoms with Gasteiger partial charge < -0.3 is 16.4 Å². The smallest absolute Gasteiger partial charge is 0.378 e. The van der Waals surface area contributed by atoms with Crippen molar-refractivity contribution in [1.82, 2.24) is 0 Å². The normalized spacial score (nSPS) is 28.0. The number of ether oxygens (including phenoxy) is 2. The predicted octanol–water partition coefficient (Wildman–Crippen LogP) is 9.18. The molecule has 0 aliphatic heterocycles. The molecule has 3 aliphatic rings. The number of aryl methyl sites for hydroxylation is 1. The molecule has 1 aromatic rings. The van der Waals surface area contributed by atoms with Crippen LogP contribution in [-0.4, -0.2) is 43.4 Å². The molecule has 1 aromatic carbocycles. The second-order valence-corrected chi connectivity index (χ2v) is 11.3. The largest absolute Gasteiger partial charge is 2.00 e. The van der Waals surface area contributed by atoms with E-state index in [0.29, 0.717) is 24.2 Å². The molecule has 2 nitrogen and oxygen atoms in total. The van der Waals surface area contributed by atoms with Gasteiger partial charge in [-0.25, -0.2) is 0 Å². The van der Waals surface area contributed by atoms with E-state index in [-0.39, 0.29) is 49.2 Å². The van der Waals surface area contributed by atoms with Crippen LogP contribution in [0.3, 0.4) is 0 Å². The molecule has 12 heteroatoms. The van der Waals surface area contributed by atoms with Crippen molar-refractivity contribution < 1.29 is 80.1 Å². The van der Waals surface area contributed by atoms with Crippen molar-refractivity contribution in [3.63, 3.8) is 0 Å². The maximum Gasteiger partial charge on any atom is 2.00 e. The van der Waals surface area contributed by atoms with Gasteiger partial charge in [0.05, 0.1) is 12.7 Å². The first-order chi connectivity index (χ1) is 18.5. The molecule has 0 heterocycles. The van der Waals surface area contributed by atoms with Gasteiger partial charge in [-0.2, -0.15) is 81.3 Å². The summed E-state index contributed by atoms with van der Waals surface area (Å²) in [6.45, 7) is 6.14. The van der Waals surface area contributed by atoms with Crippen molar-refractivity contribution in [2.45, 2.75) is 108 Å². The molecule has 0 aromatic heterocycles. The Labute approximate surface area is 259 Å². The Kier molecular flexibility index (Phi) is 12.7. The average molecular weight is 827 g/mol. The minimum Gasteiger partial charge on any atom is -0.378 e. The maximum absolute atomic E-state index is 13.0. The van der Waals surface area contributed by atoms with Gasteiger partial charge in [0.2, 0.25) is 0 Å². The van der Waals surface area contributed by atoms with Gasteiger partial charge in [0.1, 0.15) is 0 Å².